The van der Waals surface area contributed by atoms with Gasteiger partial charge in [0.05, 0.1) is 11.8 Å². The van der Waals surface area contributed by atoms with E-state index < -0.39 is 6.10 Å². The van der Waals surface area contributed by atoms with Gasteiger partial charge >= 0.3 is 6.03 Å². The van der Waals surface area contributed by atoms with Crippen LogP contribution in [-0.2, 0) is 0 Å². The van der Waals surface area contributed by atoms with Gasteiger partial charge in [0.25, 0.3) is 0 Å². The quantitative estimate of drug-likeness (QED) is 0.725. The van der Waals surface area contributed by atoms with Crippen LogP contribution in [0.5, 0.6) is 0 Å². The fourth-order valence-electron chi connectivity index (χ4n) is 1.96. The first-order valence-corrected chi connectivity index (χ1v) is 8.32. The lowest BCUT2D eigenvalue weighted by molar-refractivity contribution is 0.175. The molecule has 2 aromatic carbocycles. The number of carbonyl (C=O) groups excluding carboxylic acids is 1. The van der Waals surface area contributed by atoms with Crippen molar-refractivity contribution in [1.29, 1.82) is 0 Å². The molecule has 0 heterocycles. The molecule has 0 aromatic heterocycles. The number of carbonyl (C=O) groups is 1. The Hall–Kier alpha value is -1.69. The van der Waals surface area contributed by atoms with Gasteiger partial charge < -0.3 is 15.7 Å². The summed E-state index contributed by atoms with van der Waals surface area (Å²) in [5.41, 5.74) is 1.33. The number of anilines is 1. The fraction of sp³-hybridized carbons (Fsp3) is 0.188. The first-order chi connectivity index (χ1) is 10.6. The minimum Gasteiger partial charge on any atom is -0.387 e. The second-order valence-corrected chi connectivity index (χ2v) is 5.83. The highest BCUT2D eigenvalue weighted by Gasteiger charge is 2.13. The monoisotopic (exact) mass is 336 g/mol. The van der Waals surface area contributed by atoms with Crippen molar-refractivity contribution in [3.63, 3.8) is 0 Å². The highest BCUT2D eigenvalue weighted by atomic mass is 35.5. The van der Waals surface area contributed by atoms with Gasteiger partial charge in [0.1, 0.15) is 0 Å². The predicted octanol–water partition coefficient (Wildman–Crippen LogP) is 3.92. The van der Waals surface area contributed by atoms with Crippen molar-refractivity contribution in [1.82, 2.24) is 5.32 Å². The molecule has 2 aromatic rings. The first-order valence-electron chi connectivity index (χ1n) is 6.72. The minimum atomic E-state index is -0.852. The average molecular weight is 337 g/mol. The molecule has 4 nitrogen and oxygen atoms in total. The second kappa shape index (κ2) is 8.08. The van der Waals surface area contributed by atoms with Crippen LogP contribution in [0.15, 0.2) is 53.4 Å². The van der Waals surface area contributed by atoms with Gasteiger partial charge in [-0.2, -0.15) is 0 Å². The number of nitrogens with one attached hydrogen (secondary N) is 2. The molecule has 0 bridgehead atoms. The molecule has 116 valence electrons. The van der Waals surface area contributed by atoms with E-state index >= 15 is 0 Å². The Labute approximate surface area is 138 Å². The summed E-state index contributed by atoms with van der Waals surface area (Å²) in [7, 11) is 0. The number of para-hydroxylation sites is 1. The normalized spacial score (nSPS) is 11.8. The predicted molar refractivity (Wildman–Crippen MR) is 91.7 cm³/mol. The third-order valence-corrected chi connectivity index (χ3v) is 4.22. The molecule has 1 unspecified atom stereocenters. The maximum Gasteiger partial charge on any atom is 0.319 e. The molecule has 6 heteroatoms. The SMILES string of the molecule is CSc1ccccc1NC(=O)NCC(O)c1ccccc1Cl. The van der Waals surface area contributed by atoms with Crippen LogP contribution in [0.4, 0.5) is 10.5 Å². The highest BCUT2D eigenvalue weighted by Crippen LogP contribution is 2.24. The van der Waals surface area contributed by atoms with Gasteiger partial charge in [-0.15, -0.1) is 11.8 Å². The number of aliphatic hydroxyl groups excluding tert-OH is 1. The number of urea groups is 1. The van der Waals surface area contributed by atoms with Crippen LogP contribution in [0.25, 0.3) is 0 Å². The van der Waals surface area contributed by atoms with Crippen molar-refractivity contribution in [3.8, 4) is 0 Å². The molecule has 22 heavy (non-hydrogen) atoms. The number of hydrogen-bond donors (Lipinski definition) is 3. The van der Waals surface area contributed by atoms with Crippen LogP contribution in [-0.4, -0.2) is 23.9 Å². The van der Waals surface area contributed by atoms with Crippen LogP contribution in [0.3, 0.4) is 0 Å². The third kappa shape index (κ3) is 4.40. The van der Waals surface area contributed by atoms with Crippen LogP contribution >= 0.6 is 23.4 Å². The number of thioether (sulfide) groups is 1. The maximum absolute atomic E-state index is 11.9. The van der Waals surface area contributed by atoms with Crippen LogP contribution in [0.2, 0.25) is 5.02 Å². The molecule has 0 aliphatic heterocycles. The van der Waals surface area contributed by atoms with Crippen molar-refractivity contribution >= 4 is 35.1 Å². The zero-order valence-electron chi connectivity index (χ0n) is 12.0. The summed E-state index contributed by atoms with van der Waals surface area (Å²) in [4.78, 5) is 12.9. The summed E-state index contributed by atoms with van der Waals surface area (Å²) in [5.74, 6) is 0. The van der Waals surface area contributed by atoms with E-state index in [1.807, 2.05) is 30.5 Å². The van der Waals surface area contributed by atoms with Gasteiger partial charge in [-0.3, -0.25) is 0 Å². The zero-order valence-corrected chi connectivity index (χ0v) is 13.6. The van der Waals surface area contributed by atoms with Crippen LogP contribution in [0, 0.1) is 0 Å². The van der Waals surface area contributed by atoms with Gasteiger partial charge in [-0.05, 0) is 24.5 Å². The summed E-state index contributed by atoms with van der Waals surface area (Å²) in [6.45, 7) is 0.0804. The molecular weight excluding hydrogens is 320 g/mol. The molecular formula is C16H17ClN2O2S. The topological polar surface area (TPSA) is 61.4 Å². The van der Waals surface area contributed by atoms with E-state index in [2.05, 4.69) is 10.6 Å². The number of hydrogen-bond acceptors (Lipinski definition) is 3. The molecule has 0 saturated heterocycles. The Bertz CT molecular complexity index is 652. The Morgan fingerprint density at radius 3 is 2.64 bits per heavy atom. The van der Waals surface area contributed by atoms with Gasteiger partial charge in [0, 0.05) is 22.0 Å². The first kappa shape index (κ1) is 16.7. The number of rotatable bonds is 5. The van der Waals surface area contributed by atoms with E-state index in [1.54, 1.807) is 36.0 Å². The van der Waals surface area contributed by atoms with E-state index in [9.17, 15) is 9.90 Å². The fourth-order valence-corrected chi connectivity index (χ4v) is 2.77. The number of aliphatic hydroxyl groups is 1. The Morgan fingerprint density at radius 2 is 1.91 bits per heavy atom. The molecule has 0 radical (unpaired) electrons. The van der Waals surface area contributed by atoms with Crippen molar-refractivity contribution in [3.05, 3.63) is 59.1 Å². The van der Waals surface area contributed by atoms with Crippen LogP contribution < -0.4 is 10.6 Å². The lowest BCUT2D eigenvalue weighted by Gasteiger charge is -2.15. The van der Waals surface area contributed by atoms with E-state index in [-0.39, 0.29) is 12.6 Å². The van der Waals surface area contributed by atoms with Crippen molar-refractivity contribution < 1.29 is 9.90 Å². The lowest BCUT2D eigenvalue weighted by Crippen LogP contribution is -2.32. The highest BCUT2D eigenvalue weighted by molar-refractivity contribution is 7.98. The molecule has 3 N–H and O–H groups in total. The average Bonchev–Trinajstić information content (AvgIpc) is 2.53. The number of halogens is 1. The summed E-state index contributed by atoms with van der Waals surface area (Å²) in [6, 6.07) is 14.2. The van der Waals surface area contributed by atoms with E-state index in [0.717, 1.165) is 10.6 Å². The number of amides is 2. The van der Waals surface area contributed by atoms with Crippen molar-refractivity contribution in [2.45, 2.75) is 11.0 Å². The van der Waals surface area contributed by atoms with E-state index in [0.29, 0.717) is 10.6 Å². The third-order valence-electron chi connectivity index (χ3n) is 3.08. The molecule has 0 spiro atoms. The molecule has 2 amide bonds. The van der Waals surface area contributed by atoms with Crippen molar-refractivity contribution in [2.24, 2.45) is 0 Å². The van der Waals surface area contributed by atoms with Gasteiger partial charge in [-0.25, -0.2) is 4.79 Å². The van der Waals surface area contributed by atoms with Crippen molar-refractivity contribution in [2.75, 3.05) is 18.1 Å². The number of benzene rings is 2. The van der Waals surface area contributed by atoms with Gasteiger partial charge in [0.2, 0.25) is 0 Å². The summed E-state index contributed by atoms with van der Waals surface area (Å²) in [5, 5.41) is 16.0. The summed E-state index contributed by atoms with van der Waals surface area (Å²) < 4.78 is 0. The van der Waals surface area contributed by atoms with E-state index in [4.69, 9.17) is 11.6 Å². The standard InChI is InChI=1S/C16H17ClN2O2S/c1-22-15-9-5-4-8-13(15)19-16(21)18-10-14(20)11-6-2-3-7-12(11)17/h2-9,14,20H,10H2,1H3,(H2,18,19,21). The maximum atomic E-state index is 11.9. The molecule has 2 rings (SSSR count). The molecule has 1 atom stereocenters. The Kier molecular flexibility index (Phi) is 6.12. The Morgan fingerprint density at radius 1 is 1.23 bits per heavy atom. The molecule has 0 fully saturated rings. The zero-order chi connectivity index (χ0) is 15.9. The second-order valence-electron chi connectivity index (χ2n) is 4.57. The molecule has 0 aliphatic carbocycles. The van der Waals surface area contributed by atoms with Gasteiger partial charge in [-0.1, -0.05) is 41.9 Å². The summed E-state index contributed by atoms with van der Waals surface area (Å²) in [6.07, 6.45) is 1.09. The van der Waals surface area contributed by atoms with E-state index in [1.165, 1.54) is 0 Å². The molecule has 0 aliphatic rings. The Balaban J connectivity index is 1.92. The van der Waals surface area contributed by atoms with Gasteiger partial charge in [0.15, 0.2) is 0 Å². The lowest BCUT2D eigenvalue weighted by atomic mass is 10.1. The minimum absolute atomic E-state index is 0.0804. The van der Waals surface area contributed by atoms with Crippen LogP contribution in [0.1, 0.15) is 11.7 Å². The largest absolute Gasteiger partial charge is 0.387 e. The summed E-state index contributed by atoms with van der Waals surface area (Å²) >= 11 is 7.56. The molecule has 0 saturated carbocycles. The smallest absolute Gasteiger partial charge is 0.319 e.